The predicted molar refractivity (Wildman–Crippen MR) is 104 cm³/mol. The molecule has 8 nitrogen and oxygen atoms in total. The fourth-order valence-corrected chi connectivity index (χ4v) is 2.85. The number of methoxy groups -OCH3 is 3. The van der Waals surface area contributed by atoms with Crippen molar-refractivity contribution in [3.05, 3.63) is 47.3 Å². The van der Waals surface area contributed by atoms with Crippen molar-refractivity contribution in [2.24, 2.45) is 0 Å². The van der Waals surface area contributed by atoms with Gasteiger partial charge in [-0.2, -0.15) is 0 Å². The molecule has 0 bridgehead atoms. The van der Waals surface area contributed by atoms with E-state index >= 15 is 0 Å². The Bertz CT molecular complexity index is 991. The summed E-state index contributed by atoms with van der Waals surface area (Å²) in [6.07, 6.45) is 1.52. The third-order valence-electron chi connectivity index (χ3n) is 4.02. The number of ether oxygens (including phenoxy) is 3. The van der Waals surface area contributed by atoms with Crippen LogP contribution < -0.4 is 14.4 Å². The van der Waals surface area contributed by atoms with Gasteiger partial charge in [-0.15, -0.1) is 0 Å². The number of rotatable bonds is 6. The van der Waals surface area contributed by atoms with Crippen LogP contribution in [0.2, 0.25) is 5.02 Å². The van der Waals surface area contributed by atoms with Gasteiger partial charge in [0.15, 0.2) is 17.3 Å². The lowest BCUT2D eigenvalue weighted by Crippen LogP contribution is -2.16. The summed E-state index contributed by atoms with van der Waals surface area (Å²) in [7, 11) is 6.04. The minimum Gasteiger partial charge on any atom is -0.497 e. The molecule has 0 radical (unpaired) electrons. The van der Waals surface area contributed by atoms with E-state index in [-0.39, 0.29) is 22.4 Å². The van der Waals surface area contributed by atoms with E-state index in [1.165, 1.54) is 20.5 Å². The molecule has 0 unspecified atom stereocenters. The van der Waals surface area contributed by atoms with Gasteiger partial charge in [-0.1, -0.05) is 11.6 Å². The van der Waals surface area contributed by atoms with Gasteiger partial charge in [-0.3, -0.25) is 4.90 Å². The Morgan fingerprint density at radius 2 is 1.93 bits per heavy atom. The molecular formula is C19H18ClN3O5. The molecule has 0 N–H and O–H groups in total. The van der Waals surface area contributed by atoms with Gasteiger partial charge in [-0.25, -0.2) is 14.8 Å². The van der Waals surface area contributed by atoms with Crippen LogP contribution in [0.15, 0.2) is 41.0 Å². The minimum atomic E-state index is -0.685. The van der Waals surface area contributed by atoms with Gasteiger partial charge in [0.2, 0.25) is 5.88 Å². The lowest BCUT2D eigenvalue weighted by molar-refractivity contribution is 0.0594. The summed E-state index contributed by atoms with van der Waals surface area (Å²) in [4.78, 5) is 22.7. The Morgan fingerprint density at radius 1 is 1.14 bits per heavy atom. The number of anilines is 2. The van der Waals surface area contributed by atoms with E-state index in [2.05, 4.69) is 9.97 Å². The maximum atomic E-state index is 12.2. The van der Waals surface area contributed by atoms with E-state index in [1.54, 1.807) is 49.4 Å². The third kappa shape index (κ3) is 3.59. The van der Waals surface area contributed by atoms with Gasteiger partial charge >= 0.3 is 5.97 Å². The number of benzene rings is 1. The van der Waals surface area contributed by atoms with E-state index in [0.717, 1.165) is 0 Å². The Balaban J connectivity index is 2.22. The topological polar surface area (TPSA) is 86.9 Å². The molecule has 1 aromatic carbocycles. The monoisotopic (exact) mass is 403 g/mol. The number of halogens is 1. The predicted octanol–water partition coefficient (Wildman–Crippen LogP) is 3.96. The number of carbonyl (C=O) groups is 1. The van der Waals surface area contributed by atoms with Crippen molar-refractivity contribution in [3.8, 4) is 22.9 Å². The molecule has 0 amide bonds. The van der Waals surface area contributed by atoms with Crippen molar-refractivity contribution < 1.29 is 23.4 Å². The van der Waals surface area contributed by atoms with Gasteiger partial charge in [-0.05, 0) is 18.2 Å². The molecule has 0 saturated carbocycles. The SMILES string of the molecule is COC(=O)c1nc(-c2ccc(OC)cc2OC)nc(N(C)c2ccco2)c1Cl. The zero-order chi connectivity index (χ0) is 20.3. The minimum absolute atomic E-state index is 0.0435. The molecule has 0 saturated heterocycles. The third-order valence-corrected chi connectivity index (χ3v) is 4.36. The van der Waals surface area contributed by atoms with Gasteiger partial charge < -0.3 is 18.6 Å². The van der Waals surface area contributed by atoms with Crippen molar-refractivity contribution in [3.63, 3.8) is 0 Å². The normalized spacial score (nSPS) is 10.5. The van der Waals surface area contributed by atoms with Gasteiger partial charge in [0, 0.05) is 19.2 Å². The largest absolute Gasteiger partial charge is 0.497 e. The van der Waals surface area contributed by atoms with Crippen LogP contribution in [0.3, 0.4) is 0 Å². The molecule has 0 spiro atoms. The first kappa shape index (κ1) is 19.5. The standard InChI is InChI=1S/C19H18ClN3O5/c1-23(14-6-5-9-28-14)18-15(20)16(19(24)27-4)21-17(22-18)12-8-7-11(25-2)10-13(12)26-3/h5-10H,1-4H3. The van der Waals surface area contributed by atoms with Crippen LogP contribution in [0.25, 0.3) is 11.4 Å². The van der Waals surface area contributed by atoms with Crippen molar-refractivity contribution in [1.82, 2.24) is 9.97 Å². The lowest BCUT2D eigenvalue weighted by Gasteiger charge is -2.19. The molecule has 28 heavy (non-hydrogen) atoms. The molecule has 0 fully saturated rings. The average molecular weight is 404 g/mol. The Kier molecular flexibility index (Phi) is 5.70. The highest BCUT2D eigenvalue weighted by Crippen LogP contribution is 2.36. The molecular weight excluding hydrogens is 386 g/mol. The Labute approximate surface area is 166 Å². The molecule has 2 heterocycles. The van der Waals surface area contributed by atoms with E-state index in [4.69, 9.17) is 30.2 Å². The number of hydrogen-bond acceptors (Lipinski definition) is 8. The van der Waals surface area contributed by atoms with Crippen molar-refractivity contribution in [1.29, 1.82) is 0 Å². The summed E-state index contributed by atoms with van der Waals surface area (Å²) in [6.45, 7) is 0. The van der Waals surface area contributed by atoms with Gasteiger partial charge in [0.1, 0.15) is 16.5 Å². The van der Waals surface area contributed by atoms with Gasteiger partial charge in [0.25, 0.3) is 0 Å². The summed E-state index contributed by atoms with van der Waals surface area (Å²) in [5.74, 6) is 1.40. The molecule has 2 aromatic heterocycles. The van der Waals surface area contributed by atoms with E-state index < -0.39 is 5.97 Å². The number of aromatic nitrogens is 2. The highest BCUT2D eigenvalue weighted by atomic mass is 35.5. The highest BCUT2D eigenvalue weighted by Gasteiger charge is 2.24. The Morgan fingerprint density at radius 3 is 2.54 bits per heavy atom. The second-order valence-electron chi connectivity index (χ2n) is 5.60. The maximum Gasteiger partial charge on any atom is 0.358 e. The van der Waals surface area contributed by atoms with E-state index in [9.17, 15) is 4.79 Å². The van der Waals surface area contributed by atoms with E-state index in [1.807, 2.05) is 0 Å². The summed E-state index contributed by atoms with van der Waals surface area (Å²) in [5.41, 5.74) is 0.486. The summed E-state index contributed by atoms with van der Waals surface area (Å²) in [5, 5.41) is 0.0435. The molecule has 0 aliphatic carbocycles. The molecule has 146 valence electrons. The van der Waals surface area contributed by atoms with Crippen LogP contribution in [0.1, 0.15) is 10.5 Å². The average Bonchev–Trinajstić information content (AvgIpc) is 3.27. The molecule has 0 aliphatic rings. The smallest absolute Gasteiger partial charge is 0.358 e. The summed E-state index contributed by atoms with van der Waals surface area (Å²) < 4.78 is 20.9. The molecule has 3 aromatic rings. The molecule has 0 atom stereocenters. The number of carbonyl (C=O) groups excluding carboxylic acids is 1. The zero-order valence-corrected chi connectivity index (χ0v) is 16.5. The van der Waals surface area contributed by atoms with E-state index in [0.29, 0.717) is 22.9 Å². The molecule has 9 heteroatoms. The molecule has 3 rings (SSSR count). The Hall–Kier alpha value is -3.26. The van der Waals surface area contributed by atoms with Crippen LogP contribution in [0.5, 0.6) is 11.5 Å². The van der Waals surface area contributed by atoms with Crippen molar-refractivity contribution in [2.75, 3.05) is 33.3 Å². The van der Waals surface area contributed by atoms with Crippen molar-refractivity contribution in [2.45, 2.75) is 0 Å². The number of furan rings is 1. The van der Waals surface area contributed by atoms with Crippen LogP contribution in [0.4, 0.5) is 11.7 Å². The van der Waals surface area contributed by atoms with Crippen LogP contribution in [0, 0.1) is 0 Å². The fourth-order valence-electron chi connectivity index (χ4n) is 2.56. The number of hydrogen-bond donors (Lipinski definition) is 0. The fraction of sp³-hybridized carbons (Fsp3) is 0.211. The lowest BCUT2D eigenvalue weighted by atomic mass is 10.1. The number of esters is 1. The first-order valence-electron chi connectivity index (χ1n) is 8.15. The van der Waals surface area contributed by atoms with Crippen LogP contribution in [-0.2, 0) is 4.74 Å². The molecule has 0 aliphatic heterocycles. The van der Waals surface area contributed by atoms with Gasteiger partial charge in [0.05, 0.1) is 33.2 Å². The summed E-state index contributed by atoms with van der Waals surface area (Å²) >= 11 is 6.41. The second-order valence-corrected chi connectivity index (χ2v) is 5.98. The van der Waals surface area contributed by atoms with Crippen molar-refractivity contribution >= 4 is 29.3 Å². The zero-order valence-electron chi connectivity index (χ0n) is 15.7. The first-order valence-corrected chi connectivity index (χ1v) is 8.53. The number of nitrogens with zero attached hydrogens (tertiary/aromatic N) is 3. The summed E-state index contributed by atoms with van der Waals surface area (Å²) in [6, 6.07) is 8.64. The second kappa shape index (κ2) is 8.18. The highest BCUT2D eigenvalue weighted by molar-refractivity contribution is 6.35. The van der Waals surface area contributed by atoms with Crippen LogP contribution in [-0.4, -0.2) is 44.3 Å². The van der Waals surface area contributed by atoms with Crippen LogP contribution >= 0.6 is 11.6 Å². The quantitative estimate of drug-likeness (QED) is 0.571. The first-order chi connectivity index (χ1) is 13.5. The maximum absolute atomic E-state index is 12.2.